The average molecular weight is 421 g/mol. The van der Waals surface area contributed by atoms with Crippen molar-refractivity contribution in [2.45, 2.75) is 52.5 Å². The average Bonchev–Trinajstić information content (AvgIpc) is 3.02. The van der Waals surface area contributed by atoms with Gasteiger partial charge in [0.25, 0.3) is 5.91 Å². The highest BCUT2D eigenvalue weighted by molar-refractivity contribution is 5.95. The molecule has 1 aromatic carbocycles. The van der Waals surface area contributed by atoms with Crippen molar-refractivity contribution in [2.24, 2.45) is 0 Å². The molecule has 1 aromatic heterocycles. The lowest BCUT2D eigenvalue weighted by Gasteiger charge is -2.36. The SMILES string of the molecule is Cc1cc(C)c(N2CCN(C(=O)c3ccc(C4CC(C)(C)NC4=O)cc3)CC2)nc1C. The number of nitrogens with one attached hydrogen (secondary N) is 1. The molecule has 2 fully saturated rings. The van der Waals surface area contributed by atoms with Crippen LogP contribution in [0.4, 0.5) is 5.82 Å². The first-order chi connectivity index (χ1) is 14.6. The molecule has 1 N–H and O–H groups in total. The number of anilines is 1. The van der Waals surface area contributed by atoms with Crippen molar-refractivity contribution in [3.8, 4) is 0 Å². The van der Waals surface area contributed by atoms with Gasteiger partial charge in [-0.2, -0.15) is 0 Å². The van der Waals surface area contributed by atoms with Gasteiger partial charge in [-0.05, 0) is 69.9 Å². The molecule has 31 heavy (non-hydrogen) atoms. The largest absolute Gasteiger partial charge is 0.353 e. The van der Waals surface area contributed by atoms with E-state index in [1.165, 1.54) is 11.1 Å². The summed E-state index contributed by atoms with van der Waals surface area (Å²) in [6.07, 6.45) is 0.771. The third kappa shape index (κ3) is 4.29. The van der Waals surface area contributed by atoms with E-state index < -0.39 is 0 Å². The van der Waals surface area contributed by atoms with Crippen LogP contribution in [-0.4, -0.2) is 53.4 Å². The molecule has 4 rings (SSSR count). The molecule has 6 heteroatoms. The Morgan fingerprint density at radius 1 is 1.03 bits per heavy atom. The van der Waals surface area contributed by atoms with Gasteiger partial charge in [-0.1, -0.05) is 18.2 Å². The number of aromatic nitrogens is 1. The molecule has 1 atom stereocenters. The number of hydrogen-bond acceptors (Lipinski definition) is 4. The van der Waals surface area contributed by atoms with Crippen LogP contribution in [-0.2, 0) is 4.79 Å². The van der Waals surface area contributed by atoms with E-state index in [9.17, 15) is 9.59 Å². The molecule has 2 amide bonds. The summed E-state index contributed by atoms with van der Waals surface area (Å²) in [5, 5.41) is 3.03. The number of carbonyl (C=O) groups is 2. The number of nitrogens with zero attached hydrogens (tertiary/aromatic N) is 3. The summed E-state index contributed by atoms with van der Waals surface area (Å²) in [6, 6.07) is 9.76. The second kappa shape index (κ2) is 7.98. The molecule has 0 spiro atoms. The van der Waals surface area contributed by atoms with Gasteiger partial charge in [-0.3, -0.25) is 9.59 Å². The third-order valence-electron chi connectivity index (χ3n) is 6.55. The Balaban J connectivity index is 1.40. The van der Waals surface area contributed by atoms with Gasteiger partial charge >= 0.3 is 0 Å². The first kappa shape index (κ1) is 21.3. The Labute approximate surface area is 184 Å². The van der Waals surface area contributed by atoms with E-state index in [0.29, 0.717) is 18.7 Å². The van der Waals surface area contributed by atoms with Crippen LogP contribution in [0.25, 0.3) is 0 Å². The fourth-order valence-electron chi connectivity index (χ4n) is 4.65. The Bertz CT molecular complexity index is 1000. The predicted molar refractivity (Wildman–Crippen MR) is 123 cm³/mol. The second-order valence-electron chi connectivity index (χ2n) is 9.56. The van der Waals surface area contributed by atoms with E-state index in [-0.39, 0.29) is 23.3 Å². The van der Waals surface area contributed by atoms with Crippen LogP contribution >= 0.6 is 0 Å². The molecule has 0 bridgehead atoms. The monoisotopic (exact) mass is 420 g/mol. The first-order valence-corrected chi connectivity index (χ1v) is 11.1. The van der Waals surface area contributed by atoms with Crippen LogP contribution < -0.4 is 10.2 Å². The Kier molecular flexibility index (Phi) is 5.50. The Hall–Kier alpha value is -2.89. The third-order valence-corrected chi connectivity index (χ3v) is 6.55. The van der Waals surface area contributed by atoms with Gasteiger partial charge < -0.3 is 15.1 Å². The van der Waals surface area contributed by atoms with E-state index in [2.05, 4.69) is 30.1 Å². The lowest BCUT2D eigenvalue weighted by Crippen LogP contribution is -2.49. The minimum absolute atomic E-state index is 0.0483. The van der Waals surface area contributed by atoms with Gasteiger partial charge in [-0.15, -0.1) is 0 Å². The van der Waals surface area contributed by atoms with Gasteiger partial charge in [0.1, 0.15) is 5.82 Å². The summed E-state index contributed by atoms with van der Waals surface area (Å²) < 4.78 is 0. The van der Waals surface area contributed by atoms with Gasteiger partial charge in [0.15, 0.2) is 0 Å². The highest BCUT2D eigenvalue weighted by Crippen LogP contribution is 2.32. The number of benzene rings is 1. The van der Waals surface area contributed by atoms with Crippen molar-refractivity contribution in [1.82, 2.24) is 15.2 Å². The first-order valence-electron chi connectivity index (χ1n) is 11.1. The standard InChI is InChI=1S/C25H32N4O2/c1-16-14-17(2)22(26-18(16)3)28-10-12-29(13-11-28)24(31)20-8-6-19(7-9-20)21-15-25(4,5)27-23(21)30/h6-9,14,21H,10-13,15H2,1-5H3,(H,27,30). The van der Waals surface area contributed by atoms with Crippen molar-refractivity contribution in [3.63, 3.8) is 0 Å². The summed E-state index contributed by atoms with van der Waals surface area (Å²) in [4.78, 5) is 34.3. The normalized spacial score (nSPS) is 20.7. The van der Waals surface area contributed by atoms with E-state index in [1.54, 1.807) is 0 Å². The Morgan fingerprint density at radius 2 is 1.68 bits per heavy atom. The van der Waals surface area contributed by atoms with Crippen molar-refractivity contribution >= 4 is 17.6 Å². The fourth-order valence-corrected chi connectivity index (χ4v) is 4.65. The number of rotatable bonds is 3. The summed E-state index contributed by atoms with van der Waals surface area (Å²) in [7, 11) is 0. The van der Waals surface area contributed by atoms with Crippen molar-refractivity contribution in [2.75, 3.05) is 31.1 Å². The van der Waals surface area contributed by atoms with Crippen LogP contribution in [0.3, 0.4) is 0 Å². The molecule has 164 valence electrons. The van der Waals surface area contributed by atoms with Crippen LogP contribution in [0, 0.1) is 20.8 Å². The molecule has 2 aromatic rings. The summed E-state index contributed by atoms with van der Waals surface area (Å²) >= 11 is 0. The van der Waals surface area contributed by atoms with E-state index >= 15 is 0 Å². The second-order valence-corrected chi connectivity index (χ2v) is 9.56. The number of hydrogen-bond donors (Lipinski definition) is 1. The molecule has 0 saturated carbocycles. The molecular weight excluding hydrogens is 388 g/mol. The Morgan fingerprint density at radius 3 is 2.26 bits per heavy atom. The van der Waals surface area contributed by atoms with E-state index in [1.807, 2.05) is 49.9 Å². The molecule has 6 nitrogen and oxygen atoms in total. The topological polar surface area (TPSA) is 65.5 Å². The van der Waals surface area contributed by atoms with Crippen LogP contribution in [0.1, 0.15) is 58.9 Å². The van der Waals surface area contributed by atoms with Crippen molar-refractivity contribution in [1.29, 1.82) is 0 Å². The zero-order chi connectivity index (χ0) is 22.3. The maximum Gasteiger partial charge on any atom is 0.253 e. The quantitative estimate of drug-likeness (QED) is 0.827. The molecule has 0 radical (unpaired) electrons. The van der Waals surface area contributed by atoms with Gasteiger partial charge in [0, 0.05) is 43.0 Å². The van der Waals surface area contributed by atoms with E-state index in [4.69, 9.17) is 4.98 Å². The van der Waals surface area contributed by atoms with Gasteiger partial charge in [0.2, 0.25) is 5.91 Å². The molecule has 1 unspecified atom stereocenters. The lowest BCUT2D eigenvalue weighted by molar-refractivity contribution is -0.120. The summed E-state index contributed by atoms with van der Waals surface area (Å²) in [5.41, 5.74) is 4.91. The zero-order valence-electron chi connectivity index (χ0n) is 19.2. The highest BCUT2D eigenvalue weighted by atomic mass is 16.2. The predicted octanol–water partition coefficient (Wildman–Crippen LogP) is 3.35. The maximum absolute atomic E-state index is 13.0. The molecule has 0 aliphatic carbocycles. The number of amides is 2. The summed E-state index contributed by atoms with van der Waals surface area (Å²) in [5.74, 6) is 0.997. The summed E-state index contributed by atoms with van der Waals surface area (Å²) in [6.45, 7) is 13.2. The zero-order valence-corrected chi connectivity index (χ0v) is 19.2. The van der Waals surface area contributed by atoms with Crippen LogP contribution in [0.5, 0.6) is 0 Å². The molecule has 2 saturated heterocycles. The number of piperazine rings is 1. The minimum atomic E-state index is -0.181. The highest BCUT2D eigenvalue weighted by Gasteiger charge is 2.38. The van der Waals surface area contributed by atoms with Crippen LogP contribution in [0.2, 0.25) is 0 Å². The molecule has 2 aliphatic rings. The van der Waals surface area contributed by atoms with Crippen molar-refractivity contribution in [3.05, 3.63) is 58.3 Å². The smallest absolute Gasteiger partial charge is 0.253 e. The number of aryl methyl sites for hydroxylation is 3. The lowest BCUT2D eigenvalue weighted by atomic mass is 9.90. The van der Waals surface area contributed by atoms with Gasteiger partial charge in [0.05, 0.1) is 5.92 Å². The van der Waals surface area contributed by atoms with Gasteiger partial charge in [-0.25, -0.2) is 4.98 Å². The number of carbonyl (C=O) groups excluding carboxylic acids is 2. The van der Waals surface area contributed by atoms with Crippen molar-refractivity contribution < 1.29 is 9.59 Å². The maximum atomic E-state index is 13.0. The minimum Gasteiger partial charge on any atom is -0.353 e. The fraction of sp³-hybridized carbons (Fsp3) is 0.480. The molecule has 3 heterocycles. The molecule has 2 aliphatic heterocycles. The van der Waals surface area contributed by atoms with Crippen LogP contribution in [0.15, 0.2) is 30.3 Å². The molecular formula is C25H32N4O2. The van der Waals surface area contributed by atoms with E-state index in [0.717, 1.165) is 36.6 Å². The number of pyridine rings is 1.